The summed E-state index contributed by atoms with van der Waals surface area (Å²) >= 11 is 5.16. The summed E-state index contributed by atoms with van der Waals surface area (Å²) in [5, 5.41) is 0. The van der Waals surface area contributed by atoms with Crippen LogP contribution in [0.1, 0.15) is 11.5 Å². The Morgan fingerprint density at radius 3 is 2.35 bits per heavy atom. The molecule has 2 nitrogen and oxygen atoms in total. The molecule has 0 aliphatic rings. The van der Waals surface area contributed by atoms with Crippen LogP contribution in [-0.2, 0) is 0 Å². The number of hydrogen-bond donors (Lipinski definition) is 1. The Bertz CT molecular complexity index is 586. The molecule has 0 saturated heterocycles. The first-order valence-electron chi connectivity index (χ1n) is 6.39. The molecule has 4 heteroatoms. The SMILES string of the molecule is CN(CC(C(N)=S)c1ccccc1)c1ccccc1F. The Balaban J connectivity index is 2.21. The molecule has 1 atom stereocenters. The van der Waals surface area contributed by atoms with Gasteiger partial charge in [-0.2, -0.15) is 0 Å². The lowest BCUT2D eigenvalue weighted by atomic mass is 9.98. The molecule has 0 radical (unpaired) electrons. The van der Waals surface area contributed by atoms with Crippen molar-refractivity contribution in [2.45, 2.75) is 5.92 Å². The third-order valence-corrected chi connectivity index (χ3v) is 3.55. The molecule has 0 aliphatic heterocycles. The number of thiocarbonyl (C=S) groups is 1. The van der Waals surface area contributed by atoms with Crippen LogP contribution in [0.5, 0.6) is 0 Å². The molecule has 0 fully saturated rings. The van der Waals surface area contributed by atoms with E-state index < -0.39 is 0 Å². The summed E-state index contributed by atoms with van der Waals surface area (Å²) in [4.78, 5) is 2.26. The van der Waals surface area contributed by atoms with Gasteiger partial charge in [-0.3, -0.25) is 0 Å². The second kappa shape index (κ2) is 6.48. The van der Waals surface area contributed by atoms with Crippen molar-refractivity contribution in [3.05, 3.63) is 66.0 Å². The largest absolute Gasteiger partial charge is 0.393 e. The normalized spacial score (nSPS) is 11.9. The fourth-order valence-electron chi connectivity index (χ4n) is 2.18. The molecule has 0 aliphatic carbocycles. The van der Waals surface area contributed by atoms with Crippen LogP contribution in [0.4, 0.5) is 10.1 Å². The summed E-state index contributed by atoms with van der Waals surface area (Å²) in [6, 6.07) is 16.5. The van der Waals surface area contributed by atoms with Crippen molar-refractivity contribution in [2.75, 3.05) is 18.5 Å². The fourth-order valence-corrected chi connectivity index (χ4v) is 2.39. The molecular formula is C16H17FN2S. The molecule has 0 spiro atoms. The van der Waals surface area contributed by atoms with Gasteiger partial charge in [-0.1, -0.05) is 54.7 Å². The summed E-state index contributed by atoms with van der Waals surface area (Å²) in [5.41, 5.74) is 7.43. The van der Waals surface area contributed by atoms with Crippen LogP contribution in [0.25, 0.3) is 0 Å². The summed E-state index contributed by atoms with van der Waals surface area (Å²) in [6.07, 6.45) is 0. The number of nitrogens with zero attached hydrogens (tertiary/aromatic N) is 1. The molecule has 20 heavy (non-hydrogen) atoms. The van der Waals surface area contributed by atoms with Crippen LogP contribution in [0.3, 0.4) is 0 Å². The molecule has 0 saturated carbocycles. The van der Waals surface area contributed by atoms with Crippen LogP contribution in [0.2, 0.25) is 0 Å². The third-order valence-electron chi connectivity index (χ3n) is 3.27. The van der Waals surface area contributed by atoms with Gasteiger partial charge in [-0.15, -0.1) is 0 Å². The van der Waals surface area contributed by atoms with Gasteiger partial charge in [0.25, 0.3) is 0 Å². The van der Waals surface area contributed by atoms with Gasteiger partial charge in [-0.25, -0.2) is 4.39 Å². The average molecular weight is 288 g/mol. The number of rotatable bonds is 5. The Hall–Kier alpha value is -1.94. The van der Waals surface area contributed by atoms with Gasteiger partial charge < -0.3 is 10.6 Å². The van der Waals surface area contributed by atoms with Crippen molar-refractivity contribution in [1.29, 1.82) is 0 Å². The molecule has 0 bridgehead atoms. The number of nitrogens with two attached hydrogens (primary N) is 1. The van der Waals surface area contributed by atoms with Gasteiger partial charge in [0.15, 0.2) is 0 Å². The predicted molar refractivity (Wildman–Crippen MR) is 85.6 cm³/mol. The third kappa shape index (κ3) is 3.33. The molecule has 0 heterocycles. The first-order chi connectivity index (χ1) is 9.59. The number of anilines is 1. The maximum absolute atomic E-state index is 13.8. The van der Waals surface area contributed by atoms with Gasteiger partial charge >= 0.3 is 0 Å². The molecule has 104 valence electrons. The van der Waals surface area contributed by atoms with E-state index in [1.165, 1.54) is 6.07 Å². The van der Waals surface area contributed by atoms with Gasteiger partial charge in [0.1, 0.15) is 5.82 Å². The highest BCUT2D eigenvalue weighted by Crippen LogP contribution is 2.22. The van der Waals surface area contributed by atoms with Gasteiger partial charge in [-0.05, 0) is 17.7 Å². The Labute approximate surface area is 124 Å². The highest BCUT2D eigenvalue weighted by atomic mass is 32.1. The number of hydrogen-bond acceptors (Lipinski definition) is 2. The highest BCUT2D eigenvalue weighted by molar-refractivity contribution is 7.80. The molecule has 2 N–H and O–H groups in total. The lowest BCUT2D eigenvalue weighted by Crippen LogP contribution is -2.32. The Morgan fingerprint density at radius 2 is 1.75 bits per heavy atom. The van der Waals surface area contributed by atoms with Crippen molar-refractivity contribution >= 4 is 22.9 Å². The van der Waals surface area contributed by atoms with Crippen molar-refractivity contribution in [2.24, 2.45) is 5.73 Å². The van der Waals surface area contributed by atoms with E-state index in [0.717, 1.165) is 5.56 Å². The second-order valence-corrected chi connectivity index (χ2v) is 5.17. The minimum Gasteiger partial charge on any atom is -0.393 e. The molecule has 0 aromatic heterocycles. The van der Waals surface area contributed by atoms with Crippen molar-refractivity contribution < 1.29 is 4.39 Å². The Kier molecular flexibility index (Phi) is 4.69. The van der Waals surface area contributed by atoms with E-state index >= 15 is 0 Å². The summed E-state index contributed by atoms with van der Waals surface area (Å²) in [7, 11) is 1.84. The van der Waals surface area contributed by atoms with Crippen LogP contribution >= 0.6 is 12.2 Å². The van der Waals surface area contributed by atoms with E-state index in [0.29, 0.717) is 17.2 Å². The van der Waals surface area contributed by atoms with E-state index in [-0.39, 0.29) is 11.7 Å². The number of para-hydroxylation sites is 1. The summed E-state index contributed by atoms with van der Waals surface area (Å²) in [6.45, 7) is 0.542. The van der Waals surface area contributed by atoms with Crippen LogP contribution < -0.4 is 10.6 Å². The van der Waals surface area contributed by atoms with E-state index in [2.05, 4.69) is 0 Å². The minimum absolute atomic E-state index is 0.101. The minimum atomic E-state index is -0.246. The topological polar surface area (TPSA) is 29.3 Å². The molecule has 2 aromatic rings. The first kappa shape index (κ1) is 14.5. The Morgan fingerprint density at radius 1 is 1.15 bits per heavy atom. The zero-order valence-electron chi connectivity index (χ0n) is 11.3. The van der Waals surface area contributed by atoms with Gasteiger partial charge in [0.2, 0.25) is 0 Å². The second-order valence-electron chi connectivity index (χ2n) is 4.70. The number of likely N-dealkylation sites (N-methyl/N-ethyl adjacent to an activating group) is 1. The lowest BCUT2D eigenvalue weighted by Gasteiger charge is -2.25. The highest BCUT2D eigenvalue weighted by Gasteiger charge is 2.18. The fraction of sp³-hybridized carbons (Fsp3) is 0.188. The van der Waals surface area contributed by atoms with Crippen LogP contribution in [0, 0.1) is 5.82 Å². The average Bonchev–Trinajstić information content (AvgIpc) is 2.45. The number of benzene rings is 2. The van der Waals surface area contributed by atoms with E-state index in [9.17, 15) is 4.39 Å². The van der Waals surface area contributed by atoms with Crippen LogP contribution in [0.15, 0.2) is 54.6 Å². The van der Waals surface area contributed by atoms with E-state index in [1.807, 2.05) is 48.3 Å². The van der Waals surface area contributed by atoms with E-state index in [4.69, 9.17) is 18.0 Å². The van der Waals surface area contributed by atoms with E-state index in [1.54, 1.807) is 12.1 Å². The van der Waals surface area contributed by atoms with Crippen molar-refractivity contribution in [3.8, 4) is 0 Å². The first-order valence-corrected chi connectivity index (χ1v) is 6.80. The molecule has 2 aromatic carbocycles. The van der Waals surface area contributed by atoms with Crippen molar-refractivity contribution in [1.82, 2.24) is 0 Å². The summed E-state index contributed by atoms with van der Waals surface area (Å²) in [5.74, 6) is -0.347. The number of halogens is 1. The molecular weight excluding hydrogens is 271 g/mol. The zero-order valence-corrected chi connectivity index (χ0v) is 12.1. The van der Waals surface area contributed by atoms with Gasteiger partial charge in [0, 0.05) is 13.6 Å². The lowest BCUT2D eigenvalue weighted by molar-refractivity contribution is 0.621. The smallest absolute Gasteiger partial charge is 0.146 e. The van der Waals surface area contributed by atoms with Crippen LogP contribution in [-0.4, -0.2) is 18.6 Å². The maximum Gasteiger partial charge on any atom is 0.146 e. The molecule has 2 rings (SSSR count). The predicted octanol–water partition coefficient (Wildman–Crippen LogP) is 3.33. The molecule has 1 unspecified atom stereocenters. The quantitative estimate of drug-likeness (QED) is 0.856. The molecule has 0 amide bonds. The summed E-state index contributed by atoms with van der Waals surface area (Å²) < 4.78 is 13.8. The maximum atomic E-state index is 13.8. The monoisotopic (exact) mass is 288 g/mol. The zero-order chi connectivity index (χ0) is 14.5. The standard InChI is InChI=1S/C16H17FN2S/c1-19(15-10-6-5-9-14(15)17)11-13(16(18)20)12-7-3-2-4-8-12/h2-10,13H,11H2,1H3,(H2,18,20). The van der Waals surface area contributed by atoms with Crippen molar-refractivity contribution in [3.63, 3.8) is 0 Å². The van der Waals surface area contributed by atoms with Gasteiger partial charge in [0.05, 0.1) is 16.6 Å².